The van der Waals surface area contributed by atoms with Gasteiger partial charge in [0.05, 0.1) is 11.9 Å². The molecule has 0 fully saturated rings. The third kappa shape index (κ3) is 4.25. The van der Waals surface area contributed by atoms with Gasteiger partial charge in [-0.2, -0.15) is 8.78 Å². The Morgan fingerprint density at radius 2 is 1.94 bits per heavy atom. The fraction of sp³-hybridized carbons (Fsp3) is 0.333. The summed E-state index contributed by atoms with van der Waals surface area (Å²) in [6.07, 6.45) is -1.60. The van der Waals surface area contributed by atoms with Crippen LogP contribution in [-0.2, 0) is 13.0 Å². The van der Waals surface area contributed by atoms with Crippen molar-refractivity contribution in [1.82, 2.24) is 15.3 Å². The van der Waals surface area contributed by atoms with Gasteiger partial charge in [0.15, 0.2) is 17.4 Å². The standard InChI is InChI=1S/C24H23F4N5O/c1-13(2)33-12-24(27,28)34-22-18(25)8-15(9-20(22)33)21-19(26)11-30-23(32-21)31-17-4-3-14-5-6-29-10-16(14)7-17/h3-4,7-9,11,13,29H,5-6,10,12H2,1-2H3,(H,30,31,32). The van der Waals surface area contributed by atoms with Crippen LogP contribution in [0.3, 0.4) is 0 Å². The Hall–Kier alpha value is -3.40. The third-order valence-electron chi connectivity index (χ3n) is 5.93. The first-order valence-corrected chi connectivity index (χ1v) is 11.0. The monoisotopic (exact) mass is 473 g/mol. The Balaban J connectivity index is 1.51. The first-order valence-electron chi connectivity index (χ1n) is 11.0. The fourth-order valence-corrected chi connectivity index (χ4v) is 4.27. The van der Waals surface area contributed by atoms with Crippen molar-refractivity contribution in [3.05, 3.63) is 59.3 Å². The third-order valence-corrected chi connectivity index (χ3v) is 5.93. The number of ether oxygens (including phenoxy) is 1. The summed E-state index contributed by atoms with van der Waals surface area (Å²) in [4.78, 5) is 9.58. The lowest BCUT2D eigenvalue weighted by Crippen LogP contribution is -2.48. The molecule has 0 spiro atoms. The lowest BCUT2D eigenvalue weighted by Gasteiger charge is -2.38. The van der Waals surface area contributed by atoms with Crippen LogP contribution in [0.5, 0.6) is 5.75 Å². The second kappa shape index (κ2) is 8.43. The number of halogens is 4. The molecule has 5 rings (SSSR count). The van der Waals surface area contributed by atoms with Gasteiger partial charge in [0.25, 0.3) is 0 Å². The summed E-state index contributed by atoms with van der Waals surface area (Å²) in [6.45, 7) is 4.35. The molecule has 0 atom stereocenters. The summed E-state index contributed by atoms with van der Waals surface area (Å²) in [5.74, 6) is -2.23. The minimum Gasteiger partial charge on any atom is -0.426 e. The first-order chi connectivity index (χ1) is 16.2. The summed E-state index contributed by atoms with van der Waals surface area (Å²) in [5, 5.41) is 6.37. The van der Waals surface area contributed by atoms with E-state index in [1.54, 1.807) is 13.8 Å². The molecule has 178 valence electrons. The van der Waals surface area contributed by atoms with Crippen molar-refractivity contribution in [1.29, 1.82) is 0 Å². The molecule has 2 N–H and O–H groups in total. The summed E-state index contributed by atoms with van der Waals surface area (Å²) < 4.78 is 62.2. The molecule has 3 heterocycles. The molecule has 3 aromatic rings. The number of aromatic nitrogens is 2. The topological polar surface area (TPSA) is 62.3 Å². The molecule has 0 unspecified atom stereocenters. The fourth-order valence-electron chi connectivity index (χ4n) is 4.27. The van der Waals surface area contributed by atoms with Gasteiger partial charge in [0, 0.05) is 23.8 Å². The van der Waals surface area contributed by atoms with Gasteiger partial charge in [0.2, 0.25) is 5.95 Å². The van der Waals surface area contributed by atoms with Gasteiger partial charge in [-0.15, -0.1) is 0 Å². The van der Waals surface area contributed by atoms with Crippen LogP contribution in [0.2, 0.25) is 0 Å². The number of rotatable bonds is 4. The van der Waals surface area contributed by atoms with E-state index in [1.165, 1.54) is 16.5 Å². The van der Waals surface area contributed by atoms with Crippen molar-refractivity contribution in [3.63, 3.8) is 0 Å². The van der Waals surface area contributed by atoms with Crippen molar-refractivity contribution in [2.45, 2.75) is 39.0 Å². The van der Waals surface area contributed by atoms with Gasteiger partial charge in [-0.05, 0) is 62.2 Å². The van der Waals surface area contributed by atoms with Crippen LogP contribution < -0.4 is 20.3 Å². The van der Waals surface area contributed by atoms with E-state index < -0.39 is 30.0 Å². The van der Waals surface area contributed by atoms with Crippen LogP contribution in [-0.4, -0.2) is 35.2 Å². The van der Waals surface area contributed by atoms with E-state index in [4.69, 9.17) is 0 Å². The van der Waals surface area contributed by atoms with Crippen LogP contribution in [0.1, 0.15) is 25.0 Å². The molecule has 0 bridgehead atoms. The lowest BCUT2D eigenvalue weighted by atomic mass is 10.0. The largest absolute Gasteiger partial charge is 0.426 e. The SMILES string of the molecule is CC(C)N1CC(F)(F)Oc2c(F)cc(-c3nc(Nc4ccc5c(c4)CNCC5)ncc3F)cc21. The van der Waals surface area contributed by atoms with Crippen molar-refractivity contribution in [2.24, 2.45) is 0 Å². The van der Waals surface area contributed by atoms with E-state index in [-0.39, 0.29) is 28.9 Å². The molecule has 0 amide bonds. The average Bonchev–Trinajstić information content (AvgIpc) is 2.80. The highest BCUT2D eigenvalue weighted by molar-refractivity contribution is 5.73. The van der Waals surface area contributed by atoms with Gasteiger partial charge in [0.1, 0.15) is 12.2 Å². The van der Waals surface area contributed by atoms with E-state index in [9.17, 15) is 17.6 Å². The number of nitrogens with zero attached hydrogens (tertiary/aromatic N) is 3. The van der Waals surface area contributed by atoms with Crippen LogP contribution in [0, 0.1) is 11.6 Å². The number of benzene rings is 2. The summed E-state index contributed by atoms with van der Waals surface area (Å²) >= 11 is 0. The van der Waals surface area contributed by atoms with E-state index in [1.807, 2.05) is 18.2 Å². The number of anilines is 3. The smallest absolute Gasteiger partial charge is 0.416 e. The average molecular weight is 473 g/mol. The molecule has 0 radical (unpaired) electrons. The summed E-state index contributed by atoms with van der Waals surface area (Å²) in [5.41, 5.74) is 3.20. The van der Waals surface area contributed by atoms with Crippen LogP contribution in [0.4, 0.5) is 34.9 Å². The quantitative estimate of drug-likeness (QED) is 0.520. The normalized spacial score (nSPS) is 16.6. The van der Waals surface area contributed by atoms with Crippen molar-refractivity contribution >= 4 is 17.3 Å². The molecule has 34 heavy (non-hydrogen) atoms. The zero-order valence-electron chi connectivity index (χ0n) is 18.6. The molecule has 2 aliphatic heterocycles. The Bertz CT molecular complexity index is 1250. The van der Waals surface area contributed by atoms with Crippen LogP contribution in [0.15, 0.2) is 36.5 Å². The maximum Gasteiger partial charge on any atom is 0.416 e. The molecule has 0 saturated heterocycles. The van der Waals surface area contributed by atoms with Crippen LogP contribution in [0.25, 0.3) is 11.3 Å². The van der Waals surface area contributed by atoms with Gasteiger partial charge in [-0.3, -0.25) is 0 Å². The highest BCUT2D eigenvalue weighted by Gasteiger charge is 2.43. The molecule has 6 nitrogen and oxygen atoms in total. The Morgan fingerprint density at radius 1 is 1.12 bits per heavy atom. The van der Waals surface area contributed by atoms with Crippen molar-refractivity contribution in [3.8, 4) is 17.0 Å². The molecule has 1 aromatic heterocycles. The summed E-state index contributed by atoms with van der Waals surface area (Å²) in [7, 11) is 0. The summed E-state index contributed by atoms with van der Waals surface area (Å²) in [6, 6.07) is 7.89. The molecule has 0 aliphatic carbocycles. The molecule has 2 aliphatic rings. The number of alkyl halides is 2. The molecular weight excluding hydrogens is 450 g/mol. The first kappa shape index (κ1) is 22.4. The van der Waals surface area contributed by atoms with Crippen molar-refractivity contribution < 1.29 is 22.3 Å². The minimum atomic E-state index is -3.54. The second-order valence-electron chi connectivity index (χ2n) is 8.69. The maximum absolute atomic E-state index is 14.9. The Labute approximate surface area is 194 Å². The Kier molecular flexibility index (Phi) is 5.55. The lowest BCUT2D eigenvalue weighted by molar-refractivity contribution is -0.174. The maximum atomic E-state index is 14.9. The van der Waals surface area contributed by atoms with E-state index in [0.717, 1.165) is 43.0 Å². The zero-order chi connectivity index (χ0) is 24.0. The van der Waals surface area contributed by atoms with E-state index in [0.29, 0.717) is 0 Å². The minimum absolute atomic E-state index is 0.0910. The van der Waals surface area contributed by atoms with E-state index >= 15 is 0 Å². The highest BCUT2D eigenvalue weighted by Crippen LogP contribution is 2.43. The zero-order valence-corrected chi connectivity index (χ0v) is 18.6. The number of fused-ring (bicyclic) bond motifs is 2. The highest BCUT2D eigenvalue weighted by atomic mass is 19.3. The second-order valence-corrected chi connectivity index (χ2v) is 8.69. The van der Waals surface area contributed by atoms with Crippen molar-refractivity contribution in [2.75, 3.05) is 23.3 Å². The Morgan fingerprint density at radius 3 is 2.74 bits per heavy atom. The number of nitrogens with one attached hydrogen (secondary N) is 2. The van der Waals surface area contributed by atoms with Gasteiger partial charge >= 0.3 is 6.11 Å². The number of hydrogen-bond acceptors (Lipinski definition) is 6. The van der Waals surface area contributed by atoms with Gasteiger partial charge in [-0.1, -0.05) is 6.07 Å². The van der Waals surface area contributed by atoms with Crippen LogP contribution >= 0.6 is 0 Å². The van der Waals surface area contributed by atoms with E-state index in [2.05, 4.69) is 25.3 Å². The predicted octanol–water partition coefficient (Wildman–Crippen LogP) is 5.01. The van der Waals surface area contributed by atoms with Gasteiger partial charge < -0.3 is 20.3 Å². The molecule has 10 heteroatoms. The predicted molar refractivity (Wildman–Crippen MR) is 121 cm³/mol. The van der Waals surface area contributed by atoms with Gasteiger partial charge in [-0.25, -0.2) is 18.7 Å². The molecule has 0 saturated carbocycles. The number of hydrogen-bond donors (Lipinski definition) is 2. The molecular formula is C24H23F4N5O. The molecule has 2 aromatic carbocycles.